The van der Waals surface area contributed by atoms with Crippen molar-refractivity contribution in [1.29, 1.82) is 5.41 Å². The molecule has 4 heteroatoms. The molecule has 2 N–H and O–H groups in total. The van der Waals surface area contributed by atoms with E-state index in [9.17, 15) is 4.79 Å². The molecule has 1 aliphatic rings. The number of hydrogen-bond donors (Lipinski definition) is 2. The minimum Gasteiger partial charge on any atom is -0.358 e. The molecule has 1 heterocycles. The highest BCUT2D eigenvalue weighted by Gasteiger charge is 2.13. The second kappa shape index (κ2) is 4.09. The van der Waals surface area contributed by atoms with E-state index >= 15 is 0 Å². The monoisotopic (exact) mass is 169 g/mol. The Morgan fingerprint density at radius 2 is 2.42 bits per heavy atom. The van der Waals surface area contributed by atoms with Crippen LogP contribution in [-0.4, -0.2) is 36.3 Å². The van der Waals surface area contributed by atoms with Gasteiger partial charge in [0.25, 0.3) is 0 Å². The molecule has 1 amide bonds. The van der Waals surface area contributed by atoms with Crippen molar-refractivity contribution in [2.24, 2.45) is 0 Å². The molecule has 0 aromatic heterocycles. The van der Waals surface area contributed by atoms with Crippen LogP contribution in [0.25, 0.3) is 0 Å². The molecule has 1 rings (SSSR count). The van der Waals surface area contributed by atoms with Gasteiger partial charge >= 0.3 is 0 Å². The summed E-state index contributed by atoms with van der Waals surface area (Å²) in [5.74, 6) is 0.730. The van der Waals surface area contributed by atoms with Crippen LogP contribution in [0.3, 0.4) is 0 Å². The molecule has 0 radical (unpaired) electrons. The standard InChI is InChI=1S/C8H15N3O/c1-2-7(9)11-5-3-8(12)10-4-6-11/h9H,2-6H2,1H3,(H,10,12). The number of carbonyl (C=O) groups excluding carboxylic acids is 1. The highest BCUT2D eigenvalue weighted by Crippen LogP contribution is 1.99. The molecular formula is C8H15N3O. The minimum absolute atomic E-state index is 0.0985. The van der Waals surface area contributed by atoms with Gasteiger partial charge in [-0.15, -0.1) is 0 Å². The summed E-state index contributed by atoms with van der Waals surface area (Å²) in [7, 11) is 0. The van der Waals surface area contributed by atoms with Crippen molar-refractivity contribution in [1.82, 2.24) is 10.2 Å². The number of amides is 1. The average Bonchev–Trinajstić information content (AvgIpc) is 2.29. The van der Waals surface area contributed by atoms with Gasteiger partial charge in [0, 0.05) is 32.5 Å². The maximum Gasteiger partial charge on any atom is 0.221 e. The molecule has 1 fully saturated rings. The smallest absolute Gasteiger partial charge is 0.221 e. The van der Waals surface area contributed by atoms with E-state index in [0.29, 0.717) is 25.3 Å². The fourth-order valence-corrected chi connectivity index (χ4v) is 1.26. The Morgan fingerprint density at radius 1 is 1.67 bits per heavy atom. The van der Waals surface area contributed by atoms with Gasteiger partial charge in [0.1, 0.15) is 0 Å². The first-order chi connectivity index (χ1) is 5.74. The number of carbonyl (C=O) groups is 1. The second-order valence-corrected chi connectivity index (χ2v) is 2.89. The van der Waals surface area contributed by atoms with Crippen molar-refractivity contribution in [2.45, 2.75) is 19.8 Å². The van der Waals surface area contributed by atoms with Gasteiger partial charge in [-0.05, 0) is 0 Å². The molecule has 0 bridgehead atoms. The van der Waals surface area contributed by atoms with Crippen molar-refractivity contribution in [2.75, 3.05) is 19.6 Å². The second-order valence-electron chi connectivity index (χ2n) is 2.89. The van der Waals surface area contributed by atoms with Crippen LogP contribution in [0.1, 0.15) is 19.8 Å². The van der Waals surface area contributed by atoms with Crippen LogP contribution in [0.15, 0.2) is 0 Å². The molecule has 12 heavy (non-hydrogen) atoms. The molecule has 1 saturated heterocycles. The van der Waals surface area contributed by atoms with Crippen LogP contribution >= 0.6 is 0 Å². The van der Waals surface area contributed by atoms with Gasteiger partial charge in [-0.2, -0.15) is 0 Å². The summed E-state index contributed by atoms with van der Waals surface area (Å²) in [5, 5.41) is 10.4. The van der Waals surface area contributed by atoms with Crippen molar-refractivity contribution in [3.8, 4) is 0 Å². The van der Waals surface area contributed by atoms with Gasteiger partial charge in [0.15, 0.2) is 0 Å². The average molecular weight is 169 g/mol. The lowest BCUT2D eigenvalue weighted by molar-refractivity contribution is -0.120. The number of hydrogen-bond acceptors (Lipinski definition) is 2. The van der Waals surface area contributed by atoms with Crippen molar-refractivity contribution < 1.29 is 4.79 Å². The molecule has 0 aromatic carbocycles. The first-order valence-electron chi connectivity index (χ1n) is 4.33. The third kappa shape index (κ3) is 2.22. The highest BCUT2D eigenvalue weighted by atomic mass is 16.1. The fourth-order valence-electron chi connectivity index (χ4n) is 1.26. The Hall–Kier alpha value is -1.06. The van der Waals surface area contributed by atoms with Gasteiger partial charge in [-0.25, -0.2) is 0 Å². The summed E-state index contributed by atoms with van der Waals surface area (Å²) < 4.78 is 0. The van der Waals surface area contributed by atoms with E-state index in [1.165, 1.54) is 0 Å². The van der Waals surface area contributed by atoms with Crippen LogP contribution in [-0.2, 0) is 4.79 Å². The van der Waals surface area contributed by atoms with Gasteiger partial charge in [0.05, 0.1) is 5.84 Å². The zero-order valence-electron chi connectivity index (χ0n) is 7.39. The lowest BCUT2D eigenvalue weighted by Crippen LogP contribution is -2.33. The molecule has 68 valence electrons. The summed E-state index contributed by atoms with van der Waals surface area (Å²) in [6, 6.07) is 0. The lowest BCUT2D eigenvalue weighted by Gasteiger charge is -2.21. The topological polar surface area (TPSA) is 56.2 Å². The first kappa shape index (κ1) is 9.03. The summed E-state index contributed by atoms with van der Waals surface area (Å²) in [6.45, 7) is 4.10. The number of nitrogens with one attached hydrogen (secondary N) is 2. The van der Waals surface area contributed by atoms with Crippen LogP contribution in [0.2, 0.25) is 0 Å². The molecular weight excluding hydrogens is 154 g/mol. The van der Waals surface area contributed by atoms with E-state index in [4.69, 9.17) is 5.41 Å². The molecule has 0 unspecified atom stereocenters. The van der Waals surface area contributed by atoms with Gasteiger partial charge in [-0.1, -0.05) is 6.92 Å². The van der Waals surface area contributed by atoms with Crippen molar-refractivity contribution in [3.05, 3.63) is 0 Å². The SMILES string of the molecule is CCC(=N)N1CCNC(=O)CC1. The molecule has 1 aliphatic heterocycles. The Labute approximate surface area is 72.4 Å². The maximum absolute atomic E-state index is 10.9. The first-order valence-corrected chi connectivity index (χ1v) is 4.33. The van der Waals surface area contributed by atoms with Crippen LogP contribution in [0.4, 0.5) is 0 Å². The highest BCUT2D eigenvalue weighted by molar-refractivity contribution is 5.81. The van der Waals surface area contributed by atoms with Gasteiger partial charge < -0.3 is 10.2 Å². The zero-order valence-corrected chi connectivity index (χ0v) is 7.39. The van der Waals surface area contributed by atoms with Gasteiger partial charge in [0.2, 0.25) is 5.91 Å². The summed E-state index contributed by atoms with van der Waals surface area (Å²) in [6.07, 6.45) is 1.26. The molecule has 0 aliphatic carbocycles. The van der Waals surface area contributed by atoms with E-state index in [1.54, 1.807) is 0 Å². The molecule has 0 spiro atoms. The lowest BCUT2D eigenvalue weighted by atomic mass is 10.3. The van der Waals surface area contributed by atoms with E-state index < -0.39 is 0 Å². The van der Waals surface area contributed by atoms with Crippen molar-refractivity contribution >= 4 is 11.7 Å². The predicted molar refractivity (Wildman–Crippen MR) is 47.2 cm³/mol. The molecule has 0 saturated carbocycles. The summed E-state index contributed by atoms with van der Waals surface area (Å²) in [5.41, 5.74) is 0. The van der Waals surface area contributed by atoms with Crippen LogP contribution < -0.4 is 5.32 Å². The number of amidine groups is 1. The largest absolute Gasteiger partial charge is 0.358 e. The summed E-state index contributed by atoms with van der Waals surface area (Å²) >= 11 is 0. The van der Waals surface area contributed by atoms with E-state index in [0.717, 1.165) is 13.0 Å². The Morgan fingerprint density at radius 3 is 3.08 bits per heavy atom. The number of rotatable bonds is 1. The van der Waals surface area contributed by atoms with E-state index in [-0.39, 0.29) is 5.91 Å². The normalized spacial score (nSPS) is 18.4. The van der Waals surface area contributed by atoms with Gasteiger partial charge in [-0.3, -0.25) is 10.2 Å². The van der Waals surface area contributed by atoms with Crippen LogP contribution in [0.5, 0.6) is 0 Å². The number of nitrogens with zero attached hydrogens (tertiary/aromatic N) is 1. The third-order valence-electron chi connectivity index (χ3n) is 2.03. The zero-order chi connectivity index (χ0) is 8.97. The third-order valence-corrected chi connectivity index (χ3v) is 2.03. The van der Waals surface area contributed by atoms with Crippen LogP contribution in [0, 0.1) is 5.41 Å². The van der Waals surface area contributed by atoms with Crippen molar-refractivity contribution in [3.63, 3.8) is 0 Å². The quantitative estimate of drug-likeness (QED) is 0.435. The molecule has 0 atom stereocenters. The minimum atomic E-state index is 0.0985. The Bertz CT molecular complexity index is 191. The maximum atomic E-state index is 10.9. The molecule has 4 nitrogen and oxygen atoms in total. The van der Waals surface area contributed by atoms with E-state index in [1.807, 2.05) is 11.8 Å². The summed E-state index contributed by atoms with van der Waals surface area (Å²) in [4.78, 5) is 12.9. The molecule has 0 aromatic rings. The predicted octanol–water partition coefficient (Wildman–Crippen LogP) is 0.196. The fraction of sp³-hybridized carbons (Fsp3) is 0.750. The van der Waals surface area contributed by atoms with E-state index in [2.05, 4.69) is 5.32 Å². The Kier molecular flexibility index (Phi) is 3.08. The Balaban J connectivity index is 2.45.